The lowest BCUT2D eigenvalue weighted by atomic mass is 9.82. The van der Waals surface area contributed by atoms with Crippen LogP contribution in [-0.4, -0.2) is 20.4 Å². The predicted octanol–water partition coefficient (Wildman–Crippen LogP) is 5.66. The van der Waals surface area contributed by atoms with E-state index in [1.807, 2.05) is 0 Å². The summed E-state index contributed by atoms with van der Waals surface area (Å²) in [7, 11) is 0. The van der Waals surface area contributed by atoms with Gasteiger partial charge in [0, 0.05) is 23.2 Å². The van der Waals surface area contributed by atoms with Crippen molar-refractivity contribution in [1.82, 2.24) is 4.98 Å². The number of nitrogens with zero attached hydrogens (tertiary/aromatic N) is 1. The van der Waals surface area contributed by atoms with Crippen molar-refractivity contribution in [3.63, 3.8) is 0 Å². The number of hydrogen-bond acceptors (Lipinski definition) is 3. The first-order chi connectivity index (χ1) is 11.1. The van der Waals surface area contributed by atoms with Gasteiger partial charge in [-0.3, -0.25) is 0 Å². The molecule has 2 aromatic rings. The second kappa shape index (κ2) is 5.92. The molecular formula is C18H21Cl2NO3. The van der Waals surface area contributed by atoms with E-state index in [2.05, 4.69) is 31.8 Å². The summed E-state index contributed by atoms with van der Waals surface area (Å²) >= 11 is 12.5. The lowest BCUT2D eigenvalue weighted by Crippen LogP contribution is -2.22. The molecule has 0 unspecified atom stereocenters. The van der Waals surface area contributed by atoms with E-state index in [9.17, 15) is 9.90 Å². The fourth-order valence-electron chi connectivity index (χ4n) is 3.25. The summed E-state index contributed by atoms with van der Waals surface area (Å²) in [6, 6.07) is 3.56. The number of halogens is 2. The molecule has 1 N–H and O–H groups in total. The Kier molecular flexibility index (Phi) is 4.33. The van der Waals surface area contributed by atoms with Crippen LogP contribution >= 0.6 is 23.2 Å². The topological polar surface area (TPSA) is 63.3 Å². The van der Waals surface area contributed by atoms with Crippen LogP contribution in [0.2, 0.25) is 0 Å². The maximum atomic E-state index is 11.2. The SMILES string of the molecule is CC(C)(C)c1cc(C2CCC(Cl)(Cl)CC2)nc2cc(C(=O)O)oc12. The molecule has 2 aromatic heterocycles. The fraction of sp³-hybridized carbons (Fsp3) is 0.556. The monoisotopic (exact) mass is 369 g/mol. The van der Waals surface area contributed by atoms with Gasteiger partial charge in [0.05, 0.1) is 0 Å². The Morgan fingerprint density at radius 2 is 1.92 bits per heavy atom. The number of furan rings is 1. The normalized spacial score (nSPS) is 18.9. The highest BCUT2D eigenvalue weighted by atomic mass is 35.5. The molecule has 130 valence electrons. The molecule has 0 amide bonds. The van der Waals surface area contributed by atoms with Crippen LogP contribution < -0.4 is 0 Å². The Morgan fingerprint density at radius 1 is 1.29 bits per heavy atom. The maximum absolute atomic E-state index is 11.2. The molecule has 3 rings (SSSR count). The third kappa shape index (κ3) is 3.40. The van der Waals surface area contributed by atoms with Gasteiger partial charge in [0.1, 0.15) is 9.85 Å². The van der Waals surface area contributed by atoms with E-state index in [1.165, 1.54) is 6.07 Å². The second-order valence-electron chi connectivity index (χ2n) is 7.61. The van der Waals surface area contributed by atoms with Crippen molar-refractivity contribution in [2.75, 3.05) is 0 Å². The zero-order valence-corrected chi connectivity index (χ0v) is 15.5. The highest BCUT2D eigenvalue weighted by Gasteiger charge is 2.33. The van der Waals surface area contributed by atoms with E-state index >= 15 is 0 Å². The zero-order chi connectivity index (χ0) is 17.7. The van der Waals surface area contributed by atoms with Crippen LogP contribution in [0, 0.1) is 0 Å². The third-order valence-corrected chi connectivity index (χ3v) is 5.41. The van der Waals surface area contributed by atoms with Crippen molar-refractivity contribution >= 4 is 40.3 Å². The van der Waals surface area contributed by atoms with Crippen molar-refractivity contribution in [2.24, 2.45) is 0 Å². The minimum atomic E-state index is -1.08. The molecule has 1 fully saturated rings. The molecule has 4 nitrogen and oxygen atoms in total. The Bertz CT molecular complexity index is 779. The van der Waals surface area contributed by atoms with Crippen molar-refractivity contribution < 1.29 is 14.3 Å². The van der Waals surface area contributed by atoms with Crippen molar-refractivity contribution in [3.8, 4) is 0 Å². The number of hydrogen-bond donors (Lipinski definition) is 1. The summed E-state index contributed by atoms with van der Waals surface area (Å²) in [5.74, 6) is -0.880. The Labute approximate surface area is 151 Å². The van der Waals surface area contributed by atoms with Crippen LogP contribution in [0.1, 0.15) is 74.2 Å². The van der Waals surface area contributed by atoms with Crippen LogP contribution in [0.4, 0.5) is 0 Å². The summed E-state index contributed by atoms with van der Waals surface area (Å²) < 4.78 is 4.92. The van der Waals surface area contributed by atoms with Crippen LogP contribution in [-0.2, 0) is 5.41 Å². The standard InChI is InChI=1S/C18H21Cl2NO3/c1-17(2,3)11-8-12(10-4-6-18(19,20)7-5-10)21-13-9-14(16(22)23)24-15(11)13/h8-10H,4-7H2,1-3H3,(H,22,23). The summed E-state index contributed by atoms with van der Waals surface area (Å²) in [6.45, 7) is 6.24. The molecule has 0 bridgehead atoms. The van der Waals surface area contributed by atoms with Gasteiger partial charge in [0.15, 0.2) is 5.58 Å². The van der Waals surface area contributed by atoms with Gasteiger partial charge in [-0.1, -0.05) is 20.8 Å². The summed E-state index contributed by atoms with van der Waals surface area (Å²) in [6.07, 6.45) is 3.21. The third-order valence-electron chi connectivity index (χ3n) is 4.65. The fourth-order valence-corrected chi connectivity index (χ4v) is 3.69. The lowest BCUT2D eigenvalue weighted by molar-refractivity contribution is 0.0665. The van der Waals surface area contributed by atoms with Gasteiger partial charge in [0.25, 0.3) is 0 Å². The Hall–Kier alpha value is -1.26. The average molecular weight is 370 g/mol. The smallest absolute Gasteiger partial charge is 0.371 e. The number of carbonyl (C=O) groups is 1. The zero-order valence-electron chi connectivity index (χ0n) is 14.0. The molecule has 0 spiro atoms. The number of alkyl halides is 2. The molecule has 0 aromatic carbocycles. The number of carboxylic acid groups (broad SMARTS) is 1. The molecule has 24 heavy (non-hydrogen) atoms. The van der Waals surface area contributed by atoms with Crippen LogP contribution in [0.25, 0.3) is 11.1 Å². The molecule has 6 heteroatoms. The van der Waals surface area contributed by atoms with E-state index in [4.69, 9.17) is 27.6 Å². The van der Waals surface area contributed by atoms with E-state index in [0.29, 0.717) is 11.1 Å². The number of pyridine rings is 1. The molecule has 0 saturated heterocycles. The van der Waals surface area contributed by atoms with Gasteiger partial charge < -0.3 is 9.52 Å². The average Bonchev–Trinajstić information content (AvgIpc) is 2.89. The number of rotatable bonds is 2. The van der Waals surface area contributed by atoms with Gasteiger partial charge in [-0.2, -0.15) is 0 Å². The number of aromatic carboxylic acids is 1. The van der Waals surface area contributed by atoms with Crippen molar-refractivity contribution in [1.29, 1.82) is 0 Å². The number of fused-ring (bicyclic) bond motifs is 1. The molecule has 1 aliphatic carbocycles. The van der Waals surface area contributed by atoms with Gasteiger partial charge in [0.2, 0.25) is 5.76 Å². The minimum Gasteiger partial charge on any atom is -0.475 e. The number of carboxylic acids is 1. The highest BCUT2D eigenvalue weighted by molar-refractivity contribution is 6.48. The van der Waals surface area contributed by atoms with Crippen LogP contribution in [0.15, 0.2) is 16.5 Å². The quantitative estimate of drug-likeness (QED) is 0.694. The molecule has 1 aliphatic rings. The largest absolute Gasteiger partial charge is 0.475 e. The molecule has 2 heterocycles. The van der Waals surface area contributed by atoms with Crippen molar-refractivity contribution in [3.05, 3.63) is 29.2 Å². The Morgan fingerprint density at radius 3 is 2.46 bits per heavy atom. The molecule has 0 radical (unpaired) electrons. The first kappa shape index (κ1) is 17.6. The predicted molar refractivity (Wildman–Crippen MR) is 95.3 cm³/mol. The lowest BCUT2D eigenvalue weighted by Gasteiger charge is -2.31. The summed E-state index contributed by atoms with van der Waals surface area (Å²) in [5, 5.41) is 9.20. The highest BCUT2D eigenvalue weighted by Crippen LogP contribution is 2.44. The Balaban J connectivity index is 2.08. The van der Waals surface area contributed by atoms with E-state index in [0.717, 1.165) is 36.9 Å². The van der Waals surface area contributed by atoms with E-state index in [1.54, 1.807) is 0 Å². The molecule has 0 aliphatic heterocycles. The van der Waals surface area contributed by atoms with Crippen molar-refractivity contribution in [2.45, 2.75) is 62.1 Å². The van der Waals surface area contributed by atoms with Gasteiger partial charge in [-0.15, -0.1) is 23.2 Å². The summed E-state index contributed by atoms with van der Waals surface area (Å²) in [4.78, 5) is 15.9. The van der Waals surface area contributed by atoms with Gasteiger partial charge in [-0.25, -0.2) is 9.78 Å². The molecule has 1 saturated carbocycles. The van der Waals surface area contributed by atoms with Gasteiger partial charge >= 0.3 is 5.97 Å². The molecular weight excluding hydrogens is 349 g/mol. The number of aromatic nitrogens is 1. The van der Waals surface area contributed by atoms with Crippen LogP contribution in [0.3, 0.4) is 0 Å². The van der Waals surface area contributed by atoms with Crippen LogP contribution in [0.5, 0.6) is 0 Å². The van der Waals surface area contributed by atoms with Gasteiger partial charge in [-0.05, 0) is 37.2 Å². The first-order valence-corrected chi connectivity index (χ1v) is 8.88. The second-order valence-corrected chi connectivity index (χ2v) is 9.25. The molecule has 0 atom stereocenters. The van der Waals surface area contributed by atoms with E-state index in [-0.39, 0.29) is 17.1 Å². The maximum Gasteiger partial charge on any atom is 0.371 e. The first-order valence-electron chi connectivity index (χ1n) is 8.13. The minimum absolute atomic E-state index is 0.0793. The van der Waals surface area contributed by atoms with E-state index < -0.39 is 10.3 Å². The summed E-state index contributed by atoms with van der Waals surface area (Å²) in [5.41, 5.74) is 2.92.